The molecule has 0 bridgehead atoms. The molecule has 40 heavy (non-hydrogen) atoms. The van der Waals surface area contributed by atoms with Crippen LogP contribution in [0.4, 0.5) is 0 Å². The molecule has 1 heterocycles. The monoisotopic (exact) mass is 558 g/mol. The summed E-state index contributed by atoms with van der Waals surface area (Å²) in [4.78, 5) is 35.8. The normalized spacial score (nSPS) is 30.9. The molecule has 1 aromatic rings. The van der Waals surface area contributed by atoms with Crippen molar-refractivity contribution >= 4 is 17.9 Å². The molecule has 3 aliphatic rings. The zero-order chi connectivity index (χ0) is 29.5. The van der Waals surface area contributed by atoms with Crippen molar-refractivity contribution in [3.63, 3.8) is 0 Å². The molecule has 220 valence electrons. The Kier molecular flexibility index (Phi) is 8.83. The summed E-state index contributed by atoms with van der Waals surface area (Å²) in [6.45, 7) is 14.0. The number of hydrogen-bond acceptors (Lipinski definition) is 9. The van der Waals surface area contributed by atoms with Gasteiger partial charge in [0.2, 0.25) is 12.4 Å². The number of phenols is 1. The molecule has 1 N–H and O–H groups in total. The van der Waals surface area contributed by atoms with E-state index < -0.39 is 42.5 Å². The van der Waals surface area contributed by atoms with Crippen LogP contribution in [0.2, 0.25) is 0 Å². The first-order valence-electron chi connectivity index (χ1n) is 14.1. The van der Waals surface area contributed by atoms with Crippen LogP contribution in [0.1, 0.15) is 108 Å². The molecule has 0 aromatic heterocycles. The number of esters is 3. The van der Waals surface area contributed by atoms with E-state index in [9.17, 15) is 19.5 Å². The van der Waals surface area contributed by atoms with E-state index in [0.717, 1.165) is 30.4 Å². The Balaban J connectivity index is 1.82. The zero-order valence-corrected chi connectivity index (χ0v) is 24.7. The summed E-state index contributed by atoms with van der Waals surface area (Å²) in [7, 11) is 0. The number of carbonyl (C=O) groups excluding carboxylic acids is 3. The lowest BCUT2D eigenvalue weighted by molar-refractivity contribution is -0.260. The number of ether oxygens (including phenoxy) is 5. The first-order valence-corrected chi connectivity index (χ1v) is 14.1. The van der Waals surface area contributed by atoms with E-state index in [1.54, 1.807) is 0 Å². The molecule has 8 atom stereocenters. The summed E-state index contributed by atoms with van der Waals surface area (Å²) in [5.74, 6) is -0.443. The molecule has 1 saturated heterocycles. The van der Waals surface area contributed by atoms with Crippen molar-refractivity contribution < 1.29 is 43.2 Å². The SMILES string of the molecule is CC(=O)O[C@@H]1[C@@H](Oc2c(C)c3c4c(c2O)[C@@H](C)CC[C@@H]4[C@@H](C)C[C@H]3C=C(C)C)OC[C@@H](OC(C)=O)[C@H]1OC(C)=O. The molecule has 1 fully saturated rings. The first kappa shape index (κ1) is 29.9. The van der Waals surface area contributed by atoms with Crippen LogP contribution in [-0.2, 0) is 33.3 Å². The predicted molar refractivity (Wildman–Crippen MR) is 146 cm³/mol. The third-order valence-corrected chi connectivity index (χ3v) is 8.33. The molecule has 1 aromatic carbocycles. The first-order chi connectivity index (χ1) is 18.8. The Hall–Kier alpha value is -3.07. The van der Waals surface area contributed by atoms with Crippen molar-refractivity contribution in [1.29, 1.82) is 0 Å². The largest absolute Gasteiger partial charge is 0.504 e. The van der Waals surface area contributed by atoms with Gasteiger partial charge in [0.15, 0.2) is 23.7 Å². The number of rotatable bonds is 6. The van der Waals surface area contributed by atoms with Crippen molar-refractivity contribution in [1.82, 2.24) is 0 Å². The Bertz CT molecular complexity index is 1200. The standard InChI is InChI=1S/C31H42O9/c1-14(2)11-21-12-16(4)22-10-9-15(3)24-26(22)25(21)17(5)28(27(24)35)40-31-30(39-20(8)34)29(38-19(7)33)23(13-36-31)37-18(6)32/h11,15-16,21-23,29-31,35H,9-10,12-13H2,1-8H3/t15-,16-,21+,22+,23+,29+,30-,31+/m0/s1. The van der Waals surface area contributed by atoms with E-state index >= 15 is 0 Å². The van der Waals surface area contributed by atoms with Gasteiger partial charge in [0.25, 0.3) is 0 Å². The van der Waals surface area contributed by atoms with E-state index in [0.29, 0.717) is 11.8 Å². The maximum Gasteiger partial charge on any atom is 0.303 e. The average molecular weight is 559 g/mol. The average Bonchev–Trinajstić information content (AvgIpc) is 2.83. The van der Waals surface area contributed by atoms with Crippen LogP contribution in [0.5, 0.6) is 11.5 Å². The smallest absolute Gasteiger partial charge is 0.303 e. The van der Waals surface area contributed by atoms with Crippen molar-refractivity contribution in [2.24, 2.45) is 5.92 Å². The van der Waals surface area contributed by atoms with Gasteiger partial charge in [0, 0.05) is 32.3 Å². The van der Waals surface area contributed by atoms with Gasteiger partial charge in [0.1, 0.15) is 0 Å². The second-order valence-electron chi connectivity index (χ2n) is 11.8. The number of aromatic hydroxyl groups is 1. The minimum Gasteiger partial charge on any atom is -0.504 e. The topological polar surface area (TPSA) is 118 Å². The van der Waals surface area contributed by atoms with Crippen molar-refractivity contribution in [3.8, 4) is 11.5 Å². The second-order valence-corrected chi connectivity index (χ2v) is 11.8. The quantitative estimate of drug-likeness (QED) is 0.282. The molecule has 4 rings (SSSR count). The highest BCUT2D eigenvalue weighted by molar-refractivity contribution is 5.68. The fourth-order valence-electron chi connectivity index (χ4n) is 6.87. The molecule has 0 saturated carbocycles. The Morgan fingerprint density at radius 1 is 0.875 bits per heavy atom. The van der Waals surface area contributed by atoms with Gasteiger partial charge in [0.05, 0.1) is 6.61 Å². The van der Waals surface area contributed by atoms with E-state index in [-0.39, 0.29) is 29.9 Å². The van der Waals surface area contributed by atoms with Gasteiger partial charge in [-0.2, -0.15) is 0 Å². The molecular formula is C31H42O9. The minimum absolute atomic E-state index is 0.0646. The number of hydrogen-bond donors (Lipinski definition) is 1. The number of allylic oxidation sites excluding steroid dienone is 2. The van der Waals surface area contributed by atoms with Crippen molar-refractivity contribution in [2.45, 2.75) is 117 Å². The molecule has 0 amide bonds. The van der Waals surface area contributed by atoms with Crippen LogP contribution in [0.3, 0.4) is 0 Å². The summed E-state index contributed by atoms with van der Waals surface area (Å²) in [5, 5.41) is 11.7. The summed E-state index contributed by atoms with van der Waals surface area (Å²) in [6.07, 6.45) is 0.674. The Morgan fingerprint density at radius 2 is 1.50 bits per heavy atom. The van der Waals surface area contributed by atoms with Crippen molar-refractivity contribution in [3.05, 3.63) is 33.9 Å². The molecule has 9 heteroatoms. The predicted octanol–water partition coefficient (Wildman–Crippen LogP) is 5.30. The third kappa shape index (κ3) is 5.85. The molecule has 0 radical (unpaired) electrons. The minimum atomic E-state index is -1.25. The van der Waals surface area contributed by atoms with Crippen LogP contribution in [0.15, 0.2) is 11.6 Å². The van der Waals surface area contributed by atoms with Crippen molar-refractivity contribution in [2.75, 3.05) is 6.61 Å². The summed E-state index contributed by atoms with van der Waals surface area (Å²) in [6, 6.07) is 0. The fraction of sp³-hybridized carbons (Fsp3) is 0.645. The summed E-state index contributed by atoms with van der Waals surface area (Å²) >= 11 is 0. The van der Waals surface area contributed by atoms with E-state index in [1.807, 2.05) is 6.92 Å². The molecular weight excluding hydrogens is 516 g/mol. The van der Waals surface area contributed by atoms with E-state index in [4.69, 9.17) is 23.7 Å². The van der Waals surface area contributed by atoms with Crippen LogP contribution in [-0.4, -0.2) is 54.2 Å². The maximum atomic E-state index is 12.1. The lowest BCUT2D eigenvalue weighted by atomic mass is 9.62. The van der Waals surface area contributed by atoms with E-state index in [1.165, 1.54) is 37.5 Å². The van der Waals surface area contributed by atoms with Gasteiger partial charge in [-0.3, -0.25) is 14.4 Å². The highest BCUT2D eigenvalue weighted by atomic mass is 16.7. The third-order valence-electron chi connectivity index (χ3n) is 8.33. The molecule has 0 spiro atoms. The lowest BCUT2D eigenvalue weighted by Gasteiger charge is -2.44. The second kappa shape index (κ2) is 11.8. The van der Waals surface area contributed by atoms with Crippen LogP contribution >= 0.6 is 0 Å². The van der Waals surface area contributed by atoms with Gasteiger partial charge < -0.3 is 28.8 Å². The molecule has 0 unspecified atom stereocenters. The van der Waals surface area contributed by atoms with Gasteiger partial charge in [-0.1, -0.05) is 25.5 Å². The number of benzene rings is 1. The van der Waals surface area contributed by atoms with Gasteiger partial charge >= 0.3 is 17.9 Å². The van der Waals surface area contributed by atoms with E-state index in [2.05, 4.69) is 33.8 Å². The Morgan fingerprint density at radius 3 is 2.10 bits per heavy atom. The highest BCUT2D eigenvalue weighted by Crippen LogP contribution is 2.58. The van der Waals surface area contributed by atoms with Crippen LogP contribution in [0, 0.1) is 12.8 Å². The summed E-state index contributed by atoms with van der Waals surface area (Å²) < 4.78 is 28.7. The van der Waals surface area contributed by atoms with Crippen LogP contribution in [0.25, 0.3) is 0 Å². The Labute approximate surface area is 236 Å². The van der Waals surface area contributed by atoms with Gasteiger partial charge in [-0.25, -0.2) is 0 Å². The number of phenolic OH excluding ortho intramolecular Hbond substituents is 1. The van der Waals surface area contributed by atoms with Gasteiger partial charge in [-0.15, -0.1) is 0 Å². The lowest BCUT2D eigenvalue weighted by Crippen LogP contribution is -2.59. The molecule has 2 aliphatic carbocycles. The summed E-state index contributed by atoms with van der Waals surface area (Å²) in [5.41, 5.74) is 5.33. The zero-order valence-electron chi connectivity index (χ0n) is 24.7. The fourth-order valence-corrected chi connectivity index (χ4v) is 6.87. The van der Waals surface area contributed by atoms with Crippen LogP contribution < -0.4 is 4.74 Å². The maximum absolute atomic E-state index is 12.1. The van der Waals surface area contributed by atoms with Gasteiger partial charge in [-0.05, 0) is 74.5 Å². The number of carbonyl (C=O) groups is 3. The molecule has 9 nitrogen and oxygen atoms in total. The highest BCUT2D eigenvalue weighted by Gasteiger charge is 2.49. The molecule has 1 aliphatic heterocycles.